The lowest BCUT2D eigenvalue weighted by atomic mass is 9.96. The molecule has 0 fully saturated rings. The van der Waals surface area contributed by atoms with E-state index in [0.717, 1.165) is 6.42 Å². The average Bonchev–Trinajstić information content (AvgIpc) is 3.65. The molecule has 2 aliphatic rings. The number of rotatable bonds is 3. The molecule has 0 amide bonds. The van der Waals surface area contributed by atoms with Crippen LogP contribution in [-0.4, -0.2) is 5.25 Å². The van der Waals surface area contributed by atoms with Gasteiger partial charge in [0.15, 0.2) is 0 Å². The van der Waals surface area contributed by atoms with Crippen LogP contribution in [0.25, 0.3) is 58.1 Å². The van der Waals surface area contributed by atoms with Crippen LogP contribution in [0.3, 0.4) is 0 Å². The van der Waals surface area contributed by atoms with Crippen molar-refractivity contribution < 1.29 is 0 Å². The van der Waals surface area contributed by atoms with Crippen molar-refractivity contribution in [3.05, 3.63) is 151 Å². The zero-order valence-corrected chi connectivity index (χ0v) is 26.0. The van der Waals surface area contributed by atoms with Crippen LogP contribution in [0.5, 0.6) is 0 Å². The number of thioether (sulfide) groups is 1. The Kier molecular flexibility index (Phi) is 5.57. The average molecular weight is 610 g/mol. The number of hydrogen-bond acceptors (Lipinski definition) is 3. The maximum absolute atomic E-state index is 2.46. The van der Waals surface area contributed by atoms with Crippen LogP contribution in [0, 0.1) is 0 Å². The molecule has 0 saturated heterocycles. The van der Waals surface area contributed by atoms with Gasteiger partial charge in [0, 0.05) is 47.4 Å². The molecule has 1 aromatic heterocycles. The SMILES string of the molecule is C1=CCC2Sc3cc(N(c4ccc5c(c4)sc4ccccc45)c4ccc5ccc6c7ccccc7ccc6c5c4)ccc3C2=C1. The monoisotopic (exact) mass is 609 g/mol. The van der Waals surface area contributed by atoms with Crippen molar-refractivity contribution >= 4 is 98.2 Å². The van der Waals surface area contributed by atoms with Crippen LogP contribution in [0.15, 0.2) is 151 Å². The van der Waals surface area contributed by atoms with Gasteiger partial charge in [-0.3, -0.25) is 0 Å². The molecule has 1 aliphatic carbocycles. The third kappa shape index (κ3) is 3.94. The summed E-state index contributed by atoms with van der Waals surface area (Å²) in [6.07, 6.45) is 7.91. The van der Waals surface area contributed by atoms with Gasteiger partial charge in [-0.25, -0.2) is 0 Å². The summed E-state index contributed by atoms with van der Waals surface area (Å²) < 4.78 is 2.65. The van der Waals surface area contributed by atoms with Crippen LogP contribution in [-0.2, 0) is 0 Å². The standard InChI is InChI=1S/C42H27NS2/c1-2-8-31-26(7-1)14-20-33-32(31)19-15-27-13-16-28(23-38(27)33)43(29-17-21-36-34-9-3-5-11-39(34)44-41(36)24-29)30-18-22-37-35-10-4-6-12-40(35)45-42(37)25-30/h1-11,13-25,40H,12H2. The number of hydrogen-bond donors (Lipinski definition) is 0. The predicted molar refractivity (Wildman–Crippen MR) is 198 cm³/mol. The third-order valence-corrected chi connectivity index (χ3v) is 12.0. The van der Waals surface area contributed by atoms with Crippen LogP contribution in [0.4, 0.5) is 17.1 Å². The molecule has 0 radical (unpaired) electrons. The second-order valence-corrected chi connectivity index (χ2v) is 14.4. The van der Waals surface area contributed by atoms with Crippen LogP contribution in [0.1, 0.15) is 12.0 Å². The highest BCUT2D eigenvalue weighted by Gasteiger charge is 2.29. The Morgan fingerprint density at radius 2 is 1.20 bits per heavy atom. The Hall–Kier alpha value is -4.83. The maximum Gasteiger partial charge on any atom is 0.0476 e. The van der Waals surface area contributed by atoms with Crippen molar-refractivity contribution in [2.24, 2.45) is 0 Å². The molecule has 1 aliphatic heterocycles. The minimum atomic E-state index is 0.519. The highest BCUT2D eigenvalue weighted by molar-refractivity contribution is 8.00. The van der Waals surface area contributed by atoms with Gasteiger partial charge in [-0.15, -0.1) is 23.1 Å². The Balaban J connectivity index is 1.20. The summed E-state index contributed by atoms with van der Waals surface area (Å²) in [5.74, 6) is 0. The fraction of sp³-hybridized carbons (Fsp3) is 0.0476. The minimum Gasteiger partial charge on any atom is -0.310 e. The van der Waals surface area contributed by atoms with E-state index in [2.05, 4.69) is 151 Å². The molecule has 1 atom stereocenters. The van der Waals surface area contributed by atoms with Gasteiger partial charge < -0.3 is 4.90 Å². The molecule has 0 N–H and O–H groups in total. The molecule has 10 rings (SSSR count). The Labute approximate surface area is 269 Å². The first-order valence-corrected chi connectivity index (χ1v) is 17.2. The lowest BCUT2D eigenvalue weighted by molar-refractivity contribution is 1.09. The number of benzene rings is 7. The van der Waals surface area contributed by atoms with E-state index >= 15 is 0 Å². The van der Waals surface area contributed by atoms with Crippen molar-refractivity contribution in [1.82, 2.24) is 0 Å². The normalized spacial score (nSPS) is 15.6. The molecule has 3 heteroatoms. The van der Waals surface area contributed by atoms with E-state index in [1.54, 1.807) is 0 Å². The zero-order valence-electron chi connectivity index (χ0n) is 24.4. The maximum atomic E-state index is 2.46. The van der Waals surface area contributed by atoms with Crippen molar-refractivity contribution in [1.29, 1.82) is 0 Å². The lowest BCUT2D eigenvalue weighted by Gasteiger charge is -2.26. The number of allylic oxidation sites excluding steroid dienone is 3. The summed E-state index contributed by atoms with van der Waals surface area (Å²) in [4.78, 5) is 3.83. The van der Waals surface area contributed by atoms with Crippen LogP contribution < -0.4 is 4.90 Å². The van der Waals surface area contributed by atoms with Gasteiger partial charge in [0.2, 0.25) is 0 Å². The highest BCUT2D eigenvalue weighted by atomic mass is 32.2. The number of nitrogens with zero attached hydrogens (tertiary/aromatic N) is 1. The molecule has 7 aromatic carbocycles. The van der Waals surface area contributed by atoms with Gasteiger partial charge in [-0.1, -0.05) is 103 Å². The van der Waals surface area contributed by atoms with E-state index in [0.29, 0.717) is 5.25 Å². The van der Waals surface area contributed by atoms with Gasteiger partial charge in [0.25, 0.3) is 0 Å². The molecule has 2 heterocycles. The molecule has 8 aromatic rings. The molecule has 0 saturated carbocycles. The smallest absolute Gasteiger partial charge is 0.0476 e. The summed E-state index contributed by atoms with van der Waals surface area (Å²) in [6, 6.07) is 47.6. The summed E-state index contributed by atoms with van der Waals surface area (Å²) in [6.45, 7) is 0. The molecule has 0 spiro atoms. The first kappa shape index (κ1) is 25.5. The van der Waals surface area contributed by atoms with Gasteiger partial charge in [0.05, 0.1) is 0 Å². The van der Waals surface area contributed by atoms with Crippen molar-refractivity contribution in [2.75, 3.05) is 4.90 Å². The number of fused-ring (bicyclic) bond motifs is 11. The van der Waals surface area contributed by atoms with E-state index in [1.165, 1.54) is 85.6 Å². The topological polar surface area (TPSA) is 3.24 Å². The third-order valence-electron chi connectivity index (χ3n) is 9.52. The van der Waals surface area contributed by atoms with Gasteiger partial charge >= 0.3 is 0 Å². The van der Waals surface area contributed by atoms with Crippen LogP contribution in [0.2, 0.25) is 0 Å². The first-order chi connectivity index (χ1) is 22.3. The van der Waals surface area contributed by atoms with Gasteiger partial charge in [0.1, 0.15) is 0 Å². The van der Waals surface area contributed by atoms with E-state index in [-0.39, 0.29) is 0 Å². The largest absolute Gasteiger partial charge is 0.310 e. The molecule has 1 nitrogen and oxygen atoms in total. The fourth-order valence-electron chi connectivity index (χ4n) is 7.37. The molecule has 45 heavy (non-hydrogen) atoms. The molecular weight excluding hydrogens is 583 g/mol. The van der Waals surface area contributed by atoms with Gasteiger partial charge in [-0.05, 0) is 92.3 Å². The lowest BCUT2D eigenvalue weighted by Crippen LogP contribution is -2.10. The van der Waals surface area contributed by atoms with Crippen molar-refractivity contribution in [3.8, 4) is 0 Å². The van der Waals surface area contributed by atoms with E-state index in [9.17, 15) is 0 Å². The van der Waals surface area contributed by atoms with E-state index in [1.807, 2.05) is 23.1 Å². The first-order valence-electron chi connectivity index (χ1n) is 15.5. The molecule has 0 bridgehead atoms. The van der Waals surface area contributed by atoms with Crippen molar-refractivity contribution in [2.45, 2.75) is 16.6 Å². The predicted octanol–water partition coefficient (Wildman–Crippen LogP) is 12.8. The second-order valence-electron chi connectivity index (χ2n) is 12.0. The minimum absolute atomic E-state index is 0.519. The number of thiophene rings is 1. The Morgan fingerprint density at radius 1 is 0.533 bits per heavy atom. The highest BCUT2D eigenvalue weighted by Crippen LogP contribution is 2.50. The summed E-state index contributed by atoms with van der Waals surface area (Å²) in [5, 5.41) is 10.9. The van der Waals surface area contributed by atoms with Crippen molar-refractivity contribution in [3.63, 3.8) is 0 Å². The summed E-state index contributed by atoms with van der Waals surface area (Å²) in [5.41, 5.74) is 6.39. The van der Waals surface area contributed by atoms with E-state index in [4.69, 9.17) is 0 Å². The molecule has 1 unspecified atom stereocenters. The van der Waals surface area contributed by atoms with Gasteiger partial charge in [-0.2, -0.15) is 0 Å². The summed E-state index contributed by atoms with van der Waals surface area (Å²) >= 11 is 3.89. The Morgan fingerprint density at radius 3 is 2.13 bits per heavy atom. The fourth-order valence-corrected chi connectivity index (χ4v) is 9.86. The van der Waals surface area contributed by atoms with Crippen LogP contribution >= 0.6 is 23.1 Å². The molecular formula is C42H27NS2. The Bertz CT molecular complexity index is 2570. The number of anilines is 3. The summed E-state index contributed by atoms with van der Waals surface area (Å²) in [7, 11) is 0. The van der Waals surface area contributed by atoms with E-state index < -0.39 is 0 Å². The quantitative estimate of drug-likeness (QED) is 0.183. The second kappa shape index (κ2) is 9.84. The molecule has 212 valence electrons. The zero-order chi connectivity index (χ0) is 29.5.